The summed E-state index contributed by atoms with van der Waals surface area (Å²) >= 11 is 0. The highest BCUT2D eigenvalue weighted by Gasteiger charge is 2.27. The van der Waals surface area contributed by atoms with Crippen molar-refractivity contribution in [1.82, 2.24) is 16.0 Å². The van der Waals surface area contributed by atoms with Gasteiger partial charge >= 0.3 is 5.97 Å². The molecule has 0 aliphatic heterocycles. The molecule has 1 aromatic rings. The van der Waals surface area contributed by atoms with Crippen LogP contribution in [-0.2, 0) is 25.6 Å². The van der Waals surface area contributed by atoms with Gasteiger partial charge in [0.1, 0.15) is 12.1 Å². The fraction of sp³-hybridized carbons (Fsp3) is 0.522. The molecule has 0 heterocycles. The Hall–Kier alpha value is -3.71. The number of aliphatic carboxylic acids is 1. The lowest BCUT2D eigenvalue weighted by Gasteiger charge is -2.22. The number of nitrogens with one attached hydrogen (secondary N) is 3. The van der Waals surface area contributed by atoms with Gasteiger partial charge in [0, 0.05) is 13.0 Å². The summed E-state index contributed by atoms with van der Waals surface area (Å²) < 4.78 is 0. The van der Waals surface area contributed by atoms with Crippen molar-refractivity contribution < 1.29 is 24.3 Å². The first kappa shape index (κ1) is 30.3. The fourth-order valence-corrected chi connectivity index (χ4v) is 3.28. The van der Waals surface area contributed by atoms with Gasteiger partial charge in [0.25, 0.3) is 0 Å². The minimum atomic E-state index is -1.17. The largest absolute Gasteiger partial charge is 0.480 e. The van der Waals surface area contributed by atoms with Crippen molar-refractivity contribution in [3.8, 4) is 0 Å². The van der Waals surface area contributed by atoms with E-state index in [0.29, 0.717) is 38.8 Å². The number of guanidine groups is 1. The zero-order valence-electron chi connectivity index (χ0n) is 20.3. The van der Waals surface area contributed by atoms with Gasteiger partial charge in [-0.15, -0.1) is 0 Å². The second-order valence-corrected chi connectivity index (χ2v) is 8.27. The Labute approximate surface area is 210 Å². The topological polar surface area (TPSA) is 241 Å². The van der Waals surface area contributed by atoms with E-state index >= 15 is 0 Å². The Balaban J connectivity index is 2.72. The molecule has 0 fully saturated rings. The molecule has 0 aliphatic rings. The van der Waals surface area contributed by atoms with E-state index in [0.717, 1.165) is 5.56 Å². The van der Waals surface area contributed by atoms with E-state index in [9.17, 15) is 24.3 Å². The van der Waals surface area contributed by atoms with Crippen LogP contribution < -0.4 is 38.9 Å². The van der Waals surface area contributed by atoms with Crippen molar-refractivity contribution in [2.45, 2.75) is 56.7 Å². The van der Waals surface area contributed by atoms with Crippen LogP contribution in [0.2, 0.25) is 0 Å². The summed E-state index contributed by atoms with van der Waals surface area (Å²) in [7, 11) is 0. The second kappa shape index (κ2) is 16.8. The van der Waals surface area contributed by atoms with Crippen LogP contribution in [0.3, 0.4) is 0 Å². The van der Waals surface area contributed by atoms with Gasteiger partial charge in [0.2, 0.25) is 17.7 Å². The van der Waals surface area contributed by atoms with Gasteiger partial charge < -0.3 is 44.0 Å². The molecule has 3 unspecified atom stereocenters. The zero-order chi connectivity index (χ0) is 26.9. The first-order valence-electron chi connectivity index (χ1n) is 11.8. The number of nitrogens with two attached hydrogens (primary N) is 4. The highest BCUT2D eigenvalue weighted by atomic mass is 16.4. The van der Waals surface area contributed by atoms with Gasteiger partial charge in [-0.3, -0.25) is 19.4 Å². The molecular formula is C23H38N8O5. The minimum Gasteiger partial charge on any atom is -0.480 e. The number of amides is 3. The summed E-state index contributed by atoms with van der Waals surface area (Å²) in [6, 6.07) is 5.92. The van der Waals surface area contributed by atoms with Crippen LogP contribution in [0.1, 0.15) is 37.7 Å². The number of carboxylic acid groups (broad SMARTS) is 1. The van der Waals surface area contributed by atoms with E-state index < -0.39 is 48.4 Å². The van der Waals surface area contributed by atoms with E-state index in [2.05, 4.69) is 20.9 Å². The summed E-state index contributed by atoms with van der Waals surface area (Å²) in [5.41, 5.74) is 22.5. The summed E-state index contributed by atoms with van der Waals surface area (Å²) in [4.78, 5) is 53.0. The van der Waals surface area contributed by atoms with Crippen LogP contribution in [0, 0.1) is 0 Å². The van der Waals surface area contributed by atoms with Crippen LogP contribution in [0.15, 0.2) is 35.3 Å². The maximum absolute atomic E-state index is 12.9. The Bertz CT molecular complexity index is 877. The van der Waals surface area contributed by atoms with Crippen molar-refractivity contribution in [3.05, 3.63) is 35.9 Å². The molecule has 0 radical (unpaired) electrons. The monoisotopic (exact) mass is 506 g/mol. The number of benzene rings is 1. The molecule has 3 amide bonds. The van der Waals surface area contributed by atoms with Gasteiger partial charge in [-0.05, 0) is 44.2 Å². The number of aliphatic imine (C=N–C) groups is 1. The van der Waals surface area contributed by atoms with Crippen LogP contribution in [0.5, 0.6) is 0 Å². The van der Waals surface area contributed by atoms with Gasteiger partial charge in [0.15, 0.2) is 5.96 Å². The third-order valence-electron chi connectivity index (χ3n) is 5.22. The predicted molar refractivity (Wildman–Crippen MR) is 135 cm³/mol. The van der Waals surface area contributed by atoms with Gasteiger partial charge in [-0.2, -0.15) is 0 Å². The van der Waals surface area contributed by atoms with Crippen molar-refractivity contribution in [2.24, 2.45) is 27.9 Å². The number of hydrogen-bond acceptors (Lipinski definition) is 7. The van der Waals surface area contributed by atoms with Crippen molar-refractivity contribution in [3.63, 3.8) is 0 Å². The fourth-order valence-electron chi connectivity index (χ4n) is 3.28. The summed E-state index contributed by atoms with van der Waals surface area (Å²) in [6.07, 6.45) is 2.28. The van der Waals surface area contributed by atoms with Crippen LogP contribution in [-0.4, -0.2) is 72.5 Å². The third kappa shape index (κ3) is 12.7. The minimum absolute atomic E-state index is 0.0518. The molecular weight excluding hydrogens is 468 g/mol. The van der Waals surface area contributed by atoms with Crippen molar-refractivity contribution in [2.75, 3.05) is 19.6 Å². The number of hydrogen-bond donors (Lipinski definition) is 8. The first-order valence-corrected chi connectivity index (χ1v) is 11.8. The van der Waals surface area contributed by atoms with Crippen LogP contribution >= 0.6 is 0 Å². The number of carboxylic acids is 1. The molecule has 0 saturated heterocycles. The summed E-state index contributed by atoms with van der Waals surface area (Å²) in [6.45, 7) is 0.333. The number of unbranched alkanes of at least 4 members (excludes halogenated alkanes) is 1. The Morgan fingerprint density at radius 2 is 1.61 bits per heavy atom. The summed E-state index contributed by atoms with van der Waals surface area (Å²) in [5, 5.41) is 17.0. The SMILES string of the molecule is NCCCCC(NC(=O)C(Cc1ccccc1)NC(=O)CNC(=O)C(N)CCCN=C(N)N)C(=O)O. The van der Waals surface area contributed by atoms with E-state index in [4.69, 9.17) is 22.9 Å². The Kier molecular flexibility index (Phi) is 14.2. The standard InChI is InChI=1S/C23H38N8O5/c24-11-5-4-10-17(22(35)36)31-21(34)18(13-15-7-2-1-3-8-15)30-19(32)14-29-20(33)16(25)9-6-12-28-23(26)27/h1-3,7-8,16-18H,4-6,9-14,24-25H2,(H,29,33)(H,30,32)(H,31,34)(H,35,36)(H4,26,27,28). The van der Waals surface area contributed by atoms with Crippen molar-refractivity contribution >= 4 is 29.7 Å². The van der Waals surface area contributed by atoms with Gasteiger partial charge in [-0.25, -0.2) is 4.79 Å². The Morgan fingerprint density at radius 3 is 2.22 bits per heavy atom. The lowest BCUT2D eigenvalue weighted by atomic mass is 10.0. The Morgan fingerprint density at radius 1 is 0.917 bits per heavy atom. The highest BCUT2D eigenvalue weighted by molar-refractivity contribution is 5.92. The molecule has 0 saturated carbocycles. The molecule has 1 rings (SSSR count). The molecule has 13 nitrogen and oxygen atoms in total. The maximum atomic E-state index is 12.9. The lowest BCUT2D eigenvalue weighted by molar-refractivity contribution is -0.142. The number of nitrogens with zero attached hydrogens (tertiary/aromatic N) is 1. The molecule has 0 spiro atoms. The normalized spacial score (nSPS) is 13.1. The molecule has 36 heavy (non-hydrogen) atoms. The lowest BCUT2D eigenvalue weighted by Crippen LogP contribution is -2.54. The van der Waals surface area contributed by atoms with E-state index in [1.807, 2.05) is 6.07 Å². The number of carbonyl (C=O) groups excluding carboxylic acids is 3. The van der Waals surface area contributed by atoms with Crippen LogP contribution in [0.25, 0.3) is 0 Å². The zero-order valence-corrected chi connectivity index (χ0v) is 20.3. The average Bonchev–Trinajstić information content (AvgIpc) is 2.84. The van der Waals surface area contributed by atoms with E-state index in [1.54, 1.807) is 24.3 Å². The molecule has 13 heteroatoms. The van der Waals surface area contributed by atoms with Gasteiger partial charge in [0.05, 0.1) is 12.6 Å². The molecule has 0 aromatic heterocycles. The molecule has 200 valence electrons. The number of carbonyl (C=O) groups is 4. The number of rotatable bonds is 17. The second-order valence-electron chi connectivity index (χ2n) is 8.27. The molecule has 0 bridgehead atoms. The third-order valence-corrected chi connectivity index (χ3v) is 5.22. The van der Waals surface area contributed by atoms with Gasteiger partial charge in [-0.1, -0.05) is 30.3 Å². The first-order chi connectivity index (χ1) is 17.1. The average molecular weight is 507 g/mol. The molecule has 1 aromatic carbocycles. The molecule has 3 atom stereocenters. The predicted octanol–water partition coefficient (Wildman–Crippen LogP) is -2.09. The van der Waals surface area contributed by atoms with E-state index in [1.165, 1.54) is 0 Å². The summed E-state index contributed by atoms with van der Waals surface area (Å²) in [5.74, 6) is -3.03. The van der Waals surface area contributed by atoms with Crippen LogP contribution in [0.4, 0.5) is 0 Å². The molecule has 12 N–H and O–H groups in total. The highest BCUT2D eigenvalue weighted by Crippen LogP contribution is 2.06. The smallest absolute Gasteiger partial charge is 0.326 e. The molecule has 0 aliphatic carbocycles. The maximum Gasteiger partial charge on any atom is 0.326 e. The quantitative estimate of drug-likeness (QED) is 0.0655. The van der Waals surface area contributed by atoms with E-state index in [-0.39, 0.29) is 18.8 Å². The van der Waals surface area contributed by atoms with Crippen molar-refractivity contribution in [1.29, 1.82) is 0 Å².